The van der Waals surface area contributed by atoms with Crippen molar-refractivity contribution in [2.75, 3.05) is 30.0 Å². The van der Waals surface area contributed by atoms with Gasteiger partial charge in [0.25, 0.3) is 0 Å². The van der Waals surface area contributed by atoms with Gasteiger partial charge in [0.05, 0.1) is 13.2 Å². The molecule has 1 aromatic rings. The van der Waals surface area contributed by atoms with Crippen molar-refractivity contribution in [3.05, 3.63) is 29.3 Å². The number of anilines is 1. The van der Waals surface area contributed by atoms with Gasteiger partial charge in [-0.3, -0.25) is 0 Å². The minimum Gasteiger partial charge on any atom is -0.379 e. The third-order valence-electron chi connectivity index (χ3n) is 4.44. The van der Waals surface area contributed by atoms with Crippen LogP contribution in [0.3, 0.4) is 0 Å². The average Bonchev–Trinajstić information content (AvgIpc) is 2.64. The Morgan fingerprint density at radius 1 is 1.25 bits per heavy atom. The van der Waals surface area contributed by atoms with Crippen LogP contribution in [0.25, 0.3) is 0 Å². The number of hydrogen-bond acceptors (Lipinski definition) is 2. The van der Waals surface area contributed by atoms with Gasteiger partial charge in [0.1, 0.15) is 0 Å². The van der Waals surface area contributed by atoms with Gasteiger partial charge in [-0.15, -0.1) is 0 Å². The Labute approximate surface area is 139 Å². The van der Waals surface area contributed by atoms with Crippen LogP contribution in [-0.2, 0) is 15.5 Å². The highest BCUT2D eigenvalue weighted by Crippen LogP contribution is 2.46. The van der Waals surface area contributed by atoms with E-state index in [2.05, 4.69) is 75.7 Å². The Balaban J connectivity index is 2.25. The highest BCUT2D eigenvalue weighted by atomic mass is 79.9. The largest absolute Gasteiger partial charge is 0.379 e. The van der Waals surface area contributed by atoms with Crippen molar-refractivity contribution in [3.63, 3.8) is 0 Å². The minimum absolute atomic E-state index is 0.176. The van der Waals surface area contributed by atoms with Crippen molar-refractivity contribution in [3.8, 4) is 0 Å². The lowest BCUT2D eigenvalue weighted by molar-refractivity contribution is 0.155. The van der Waals surface area contributed by atoms with E-state index in [4.69, 9.17) is 4.74 Å². The summed E-state index contributed by atoms with van der Waals surface area (Å²) in [6, 6.07) is 7.13. The van der Waals surface area contributed by atoms with Gasteiger partial charge in [0.15, 0.2) is 0 Å². The van der Waals surface area contributed by atoms with E-state index in [0.29, 0.717) is 6.04 Å². The molecule has 1 aromatic carbocycles. The number of hydrogen-bond donors (Lipinski definition) is 0. The van der Waals surface area contributed by atoms with Crippen molar-refractivity contribution in [1.82, 2.24) is 0 Å². The first-order chi connectivity index (χ1) is 9.54. The van der Waals surface area contributed by atoms with E-state index in [1.165, 1.54) is 16.8 Å². The number of alkyl halides is 2. The maximum atomic E-state index is 5.64. The fourth-order valence-electron chi connectivity index (χ4n) is 3.12. The van der Waals surface area contributed by atoms with Crippen molar-refractivity contribution < 1.29 is 4.74 Å². The lowest BCUT2D eigenvalue weighted by Crippen LogP contribution is -2.40. The molecule has 2 rings (SSSR count). The summed E-state index contributed by atoms with van der Waals surface area (Å²) >= 11 is 7.02. The normalized spacial score (nSPS) is 20.2. The molecule has 0 spiro atoms. The molecule has 1 aliphatic rings. The Kier molecular flexibility index (Phi) is 5.55. The standard InChI is InChI=1S/C16H23Br2NO/c1-12-16(2,3)15-13(11-18)5-4-6-14(15)19(12)8-10-20-9-7-17/h4-6,12H,7-11H2,1-3H3/t12-/m1/s1. The third-order valence-corrected chi connectivity index (χ3v) is 5.36. The maximum Gasteiger partial charge on any atom is 0.0642 e. The van der Waals surface area contributed by atoms with Gasteiger partial charge >= 0.3 is 0 Å². The highest BCUT2D eigenvalue weighted by molar-refractivity contribution is 9.09. The molecule has 0 aromatic heterocycles. The first-order valence-corrected chi connectivity index (χ1v) is 9.37. The van der Waals surface area contributed by atoms with Gasteiger partial charge in [0, 0.05) is 34.3 Å². The van der Waals surface area contributed by atoms with E-state index in [9.17, 15) is 0 Å². The van der Waals surface area contributed by atoms with Gasteiger partial charge in [0.2, 0.25) is 0 Å². The van der Waals surface area contributed by atoms with E-state index >= 15 is 0 Å². The zero-order valence-corrected chi connectivity index (χ0v) is 15.6. The van der Waals surface area contributed by atoms with Gasteiger partial charge in [-0.25, -0.2) is 0 Å². The molecule has 0 saturated heterocycles. The van der Waals surface area contributed by atoms with Gasteiger partial charge in [-0.2, -0.15) is 0 Å². The van der Waals surface area contributed by atoms with Crippen LogP contribution in [0, 0.1) is 0 Å². The van der Waals surface area contributed by atoms with E-state index in [0.717, 1.165) is 30.4 Å². The van der Waals surface area contributed by atoms with Crippen molar-refractivity contribution in [2.45, 2.75) is 37.6 Å². The predicted octanol–water partition coefficient (Wildman–Crippen LogP) is 4.48. The molecule has 1 heterocycles. The second kappa shape index (κ2) is 6.80. The lowest BCUT2D eigenvalue weighted by Gasteiger charge is -2.31. The highest BCUT2D eigenvalue weighted by Gasteiger charge is 2.42. The summed E-state index contributed by atoms with van der Waals surface area (Å²) in [5.74, 6) is 0. The first kappa shape index (κ1) is 16.3. The molecule has 20 heavy (non-hydrogen) atoms. The average molecular weight is 405 g/mol. The SMILES string of the molecule is C[C@H]1N(CCOCCBr)c2cccc(CBr)c2C1(C)C. The molecule has 0 N–H and O–H groups in total. The van der Waals surface area contributed by atoms with Gasteiger partial charge in [-0.05, 0) is 24.1 Å². The summed E-state index contributed by atoms with van der Waals surface area (Å²) in [5.41, 5.74) is 4.45. The van der Waals surface area contributed by atoms with Crippen LogP contribution in [0.4, 0.5) is 5.69 Å². The summed E-state index contributed by atoms with van der Waals surface area (Å²) in [6.45, 7) is 9.53. The van der Waals surface area contributed by atoms with Crippen LogP contribution in [0.15, 0.2) is 18.2 Å². The fraction of sp³-hybridized carbons (Fsp3) is 0.625. The minimum atomic E-state index is 0.176. The molecule has 0 saturated carbocycles. The molecular weight excluding hydrogens is 382 g/mol. The number of ether oxygens (including phenoxy) is 1. The molecule has 1 aliphatic heterocycles. The molecule has 4 heteroatoms. The zero-order chi connectivity index (χ0) is 14.8. The predicted molar refractivity (Wildman–Crippen MR) is 93.5 cm³/mol. The molecule has 0 amide bonds. The van der Waals surface area contributed by atoms with Crippen LogP contribution in [0.5, 0.6) is 0 Å². The molecular formula is C16H23Br2NO. The maximum absolute atomic E-state index is 5.64. The topological polar surface area (TPSA) is 12.5 Å². The third kappa shape index (κ3) is 2.93. The van der Waals surface area contributed by atoms with Crippen molar-refractivity contribution in [2.24, 2.45) is 0 Å². The first-order valence-electron chi connectivity index (χ1n) is 7.12. The summed E-state index contributed by atoms with van der Waals surface area (Å²) in [5, 5.41) is 1.82. The molecule has 0 radical (unpaired) electrons. The van der Waals surface area contributed by atoms with Crippen molar-refractivity contribution >= 4 is 37.5 Å². The Morgan fingerprint density at radius 3 is 2.65 bits per heavy atom. The second-order valence-corrected chi connectivity index (χ2v) is 7.19. The fourth-order valence-corrected chi connectivity index (χ4v) is 3.82. The molecule has 0 bridgehead atoms. The van der Waals surface area contributed by atoms with Crippen LogP contribution in [0.2, 0.25) is 0 Å². The molecule has 0 unspecified atom stereocenters. The monoisotopic (exact) mass is 403 g/mol. The van der Waals surface area contributed by atoms with E-state index in [1.807, 2.05) is 0 Å². The van der Waals surface area contributed by atoms with Crippen molar-refractivity contribution in [1.29, 1.82) is 0 Å². The Bertz CT molecular complexity index is 462. The number of rotatable bonds is 6. The van der Waals surface area contributed by atoms with Gasteiger partial charge < -0.3 is 9.64 Å². The summed E-state index contributed by atoms with van der Waals surface area (Å²) < 4.78 is 5.64. The van der Waals surface area contributed by atoms with E-state index < -0.39 is 0 Å². The zero-order valence-electron chi connectivity index (χ0n) is 12.5. The lowest BCUT2D eigenvalue weighted by atomic mass is 9.79. The molecule has 112 valence electrons. The molecule has 0 aliphatic carbocycles. The number of nitrogens with zero attached hydrogens (tertiary/aromatic N) is 1. The van der Waals surface area contributed by atoms with Gasteiger partial charge in [-0.1, -0.05) is 57.8 Å². The Morgan fingerprint density at radius 2 is 2.00 bits per heavy atom. The molecule has 0 fully saturated rings. The van der Waals surface area contributed by atoms with E-state index in [-0.39, 0.29) is 5.41 Å². The smallest absolute Gasteiger partial charge is 0.0642 e. The number of halogens is 2. The van der Waals surface area contributed by atoms with Crippen LogP contribution >= 0.6 is 31.9 Å². The van der Waals surface area contributed by atoms with Crippen LogP contribution in [-0.4, -0.2) is 31.1 Å². The van der Waals surface area contributed by atoms with Crippen LogP contribution < -0.4 is 4.90 Å². The van der Waals surface area contributed by atoms with Crippen LogP contribution in [0.1, 0.15) is 31.9 Å². The van der Waals surface area contributed by atoms with E-state index in [1.54, 1.807) is 0 Å². The molecule has 2 nitrogen and oxygen atoms in total. The molecule has 1 atom stereocenters. The Hall–Kier alpha value is -0.0600. The summed E-state index contributed by atoms with van der Waals surface area (Å²) in [4.78, 5) is 2.50. The number of benzene rings is 1. The second-order valence-electron chi connectivity index (χ2n) is 5.84. The summed E-state index contributed by atoms with van der Waals surface area (Å²) in [7, 11) is 0. The quantitative estimate of drug-likeness (QED) is 0.511. The summed E-state index contributed by atoms with van der Waals surface area (Å²) in [6.07, 6.45) is 0. The number of fused-ring (bicyclic) bond motifs is 1.